The van der Waals surface area contributed by atoms with Crippen molar-refractivity contribution in [2.24, 2.45) is 0 Å². The molecule has 2 N–H and O–H groups in total. The molecule has 1 fully saturated rings. The van der Waals surface area contributed by atoms with E-state index in [1.165, 1.54) is 23.7 Å². The summed E-state index contributed by atoms with van der Waals surface area (Å²) >= 11 is 1.50. The first-order valence-electron chi connectivity index (χ1n) is 15.5. The lowest BCUT2D eigenvalue weighted by Crippen LogP contribution is -2.34. The molecule has 0 saturated carbocycles. The van der Waals surface area contributed by atoms with Gasteiger partial charge in [-0.3, -0.25) is 15.0 Å². The summed E-state index contributed by atoms with van der Waals surface area (Å²) in [6, 6.07) is 15.0. The van der Waals surface area contributed by atoms with E-state index in [4.69, 9.17) is 14.6 Å². The molecule has 0 radical (unpaired) electrons. The third-order valence-corrected chi connectivity index (χ3v) is 8.99. The number of carbonyl (C=O) groups excluding carboxylic acids is 2. The number of ether oxygens (including phenoxy) is 2. The summed E-state index contributed by atoms with van der Waals surface area (Å²) in [5.74, 6) is 2.10. The third kappa shape index (κ3) is 6.66. The van der Waals surface area contributed by atoms with Crippen molar-refractivity contribution < 1.29 is 19.1 Å². The highest BCUT2D eigenvalue weighted by Crippen LogP contribution is 2.34. The third-order valence-electron chi connectivity index (χ3n) is 7.92. The molecule has 3 amide bonds. The Balaban J connectivity index is 0.985. The number of aromatic nitrogens is 5. The molecule has 12 nitrogen and oxygen atoms in total. The zero-order valence-corrected chi connectivity index (χ0v) is 27.1. The molecule has 2 aromatic carbocycles. The van der Waals surface area contributed by atoms with Crippen molar-refractivity contribution in [3.8, 4) is 33.6 Å². The second-order valence-electron chi connectivity index (χ2n) is 12.4. The number of rotatable bonds is 7. The molecule has 7 rings (SSSR count). The van der Waals surface area contributed by atoms with E-state index in [9.17, 15) is 9.59 Å². The maximum Gasteiger partial charge on any atom is 0.324 e. The Labute approximate surface area is 275 Å². The number of amides is 3. The topological polar surface area (TPSA) is 136 Å². The number of hydrogen-bond donors (Lipinski definition) is 2. The van der Waals surface area contributed by atoms with E-state index in [1.54, 1.807) is 15.8 Å². The summed E-state index contributed by atoms with van der Waals surface area (Å²) in [6.07, 6.45) is 8.10. The van der Waals surface area contributed by atoms with Gasteiger partial charge in [-0.2, -0.15) is 5.10 Å². The van der Waals surface area contributed by atoms with Crippen LogP contribution in [0.15, 0.2) is 67.1 Å². The van der Waals surface area contributed by atoms with Crippen LogP contribution in [0.5, 0.6) is 17.5 Å². The highest BCUT2D eigenvalue weighted by molar-refractivity contribution is 7.19. The van der Waals surface area contributed by atoms with Gasteiger partial charge in [0.15, 0.2) is 5.13 Å². The minimum atomic E-state index is -0.458. The quantitative estimate of drug-likeness (QED) is 0.193. The Morgan fingerprint density at radius 1 is 0.957 bits per heavy atom. The smallest absolute Gasteiger partial charge is 0.324 e. The Bertz CT molecular complexity index is 1930. The number of nitrogens with zero attached hydrogens (tertiary/aromatic N) is 6. The summed E-state index contributed by atoms with van der Waals surface area (Å²) in [4.78, 5) is 41.1. The van der Waals surface area contributed by atoms with E-state index in [2.05, 4.69) is 46.4 Å². The van der Waals surface area contributed by atoms with E-state index < -0.39 is 6.03 Å². The highest BCUT2D eigenvalue weighted by Gasteiger charge is 2.24. The molecule has 5 heterocycles. The predicted octanol–water partition coefficient (Wildman–Crippen LogP) is 6.97. The minimum absolute atomic E-state index is 0.131. The minimum Gasteiger partial charge on any atom is -0.493 e. The lowest BCUT2D eigenvalue weighted by molar-refractivity contribution is -0.119. The van der Waals surface area contributed by atoms with E-state index in [-0.39, 0.29) is 17.3 Å². The van der Waals surface area contributed by atoms with Crippen LogP contribution in [0.4, 0.5) is 21.4 Å². The lowest BCUT2D eigenvalue weighted by atomic mass is 9.92. The van der Waals surface area contributed by atoms with Crippen molar-refractivity contribution in [3.63, 3.8) is 0 Å². The van der Waals surface area contributed by atoms with Crippen LogP contribution in [-0.2, 0) is 16.6 Å². The van der Waals surface area contributed by atoms with Gasteiger partial charge in [0.25, 0.3) is 0 Å². The largest absolute Gasteiger partial charge is 0.493 e. The summed E-state index contributed by atoms with van der Waals surface area (Å²) in [5, 5.41) is 11.2. The number of fused-ring (bicyclic) bond motifs is 1. The van der Waals surface area contributed by atoms with Gasteiger partial charge in [0.05, 0.1) is 40.9 Å². The zero-order chi connectivity index (χ0) is 32.5. The SMILES string of the molecule is CC(C)(C)c1cc(NC(=O)Nc2cnc(Oc3ccc(-c4cnc(N5CCCCC5=O)s4)cc3)nc2)n(-c2ccc3c(c2)CCO3)n1. The van der Waals surface area contributed by atoms with Crippen LogP contribution in [-0.4, -0.2) is 49.8 Å². The fourth-order valence-corrected chi connectivity index (χ4v) is 6.34. The molecule has 2 aliphatic rings. The number of anilines is 3. The Morgan fingerprint density at radius 3 is 2.53 bits per heavy atom. The highest BCUT2D eigenvalue weighted by atomic mass is 32.1. The van der Waals surface area contributed by atoms with Crippen molar-refractivity contribution >= 4 is 39.9 Å². The number of benzene rings is 2. The van der Waals surface area contributed by atoms with Crippen LogP contribution in [0, 0.1) is 0 Å². The maximum absolute atomic E-state index is 13.1. The molecule has 5 aromatic rings. The number of nitrogens with one attached hydrogen (secondary N) is 2. The molecule has 0 bridgehead atoms. The summed E-state index contributed by atoms with van der Waals surface area (Å²) < 4.78 is 13.2. The maximum atomic E-state index is 13.1. The summed E-state index contributed by atoms with van der Waals surface area (Å²) in [5.41, 5.74) is 3.94. The Morgan fingerprint density at radius 2 is 1.77 bits per heavy atom. The number of thiazole rings is 1. The van der Waals surface area contributed by atoms with Crippen molar-refractivity contribution in [2.45, 2.75) is 51.9 Å². The van der Waals surface area contributed by atoms with Crippen molar-refractivity contribution in [1.29, 1.82) is 0 Å². The molecule has 2 aliphatic heterocycles. The molecular formula is C34H34N8O4S. The van der Waals surface area contributed by atoms with Gasteiger partial charge in [-0.1, -0.05) is 32.1 Å². The van der Waals surface area contributed by atoms with Gasteiger partial charge in [0, 0.05) is 37.1 Å². The molecule has 1 saturated heterocycles. The van der Waals surface area contributed by atoms with Gasteiger partial charge in [-0.05, 0) is 66.4 Å². The molecule has 0 spiro atoms. The molecule has 0 unspecified atom stereocenters. The number of piperidine rings is 1. The number of urea groups is 1. The second-order valence-corrected chi connectivity index (χ2v) is 13.4. The van der Waals surface area contributed by atoms with Crippen molar-refractivity contribution in [1.82, 2.24) is 24.7 Å². The lowest BCUT2D eigenvalue weighted by Gasteiger charge is -2.23. The van der Waals surface area contributed by atoms with Gasteiger partial charge in [0.1, 0.15) is 17.3 Å². The van der Waals surface area contributed by atoms with E-state index >= 15 is 0 Å². The average Bonchev–Trinajstić information content (AvgIpc) is 3.82. The monoisotopic (exact) mass is 650 g/mol. The van der Waals surface area contributed by atoms with E-state index in [0.717, 1.165) is 57.5 Å². The molecule has 13 heteroatoms. The molecule has 47 heavy (non-hydrogen) atoms. The fourth-order valence-electron chi connectivity index (χ4n) is 5.37. The van der Waals surface area contributed by atoms with Gasteiger partial charge in [-0.15, -0.1) is 0 Å². The molecular weight excluding hydrogens is 616 g/mol. The van der Waals surface area contributed by atoms with E-state index in [0.29, 0.717) is 36.8 Å². The van der Waals surface area contributed by atoms with Crippen LogP contribution in [0.25, 0.3) is 16.1 Å². The van der Waals surface area contributed by atoms with Crippen LogP contribution in [0.3, 0.4) is 0 Å². The Hall–Kier alpha value is -5.30. The molecule has 0 atom stereocenters. The van der Waals surface area contributed by atoms with Crippen LogP contribution >= 0.6 is 11.3 Å². The van der Waals surface area contributed by atoms with Crippen LogP contribution in [0.2, 0.25) is 0 Å². The van der Waals surface area contributed by atoms with Gasteiger partial charge >= 0.3 is 12.0 Å². The Kier molecular flexibility index (Phi) is 8.06. The number of carbonyl (C=O) groups is 2. The zero-order valence-electron chi connectivity index (χ0n) is 26.3. The van der Waals surface area contributed by atoms with Crippen LogP contribution < -0.4 is 25.0 Å². The molecule has 240 valence electrons. The first-order valence-corrected chi connectivity index (χ1v) is 16.3. The van der Waals surface area contributed by atoms with Gasteiger partial charge in [0.2, 0.25) is 5.91 Å². The number of hydrogen-bond acceptors (Lipinski definition) is 9. The van der Waals surface area contributed by atoms with Crippen LogP contribution in [0.1, 0.15) is 51.3 Å². The fraction of sp³-hybridized carbons (Fsp3) is 0.294. The standard InChI is InChI=1S/C34H34N8O4S/c1-34(2,3)28-17-29(42(40-28)24-9-12-26-22(16-24)13-15-45-26)39-31(44)38-23-18-35-32(36-19-23)46-25-10-7-21(8-11-25)27-20-37-33(47-27)41-14-5-4-6-30(41)43/h7-12,16-20H,4-6,13-15H2,1-3H3,(H2,38,39,44). The normalized spacial score (nSPS) is 14.4. The molecule has 0 aliphatic carbocycles. The van der Waals surface area contributed by atoms with Crippen molar-refractivity contribution in [2.75, 3.05) is 28.7 Å². The van der Waals surface area contributed by atoms with Gasteiger partial charge in [-0.25, -0.2) is 24.4 Å². The average molecular weight is 651 g/mol. The van der Waals surface area contributed by atoms with E-state index in [1.807, 2.05) is 48.5 Å². The predicted molar refractivity (Wildman–Crippen MR) is 180 cm³/mol. The van der Waals surface area contributed by atoms with Crippen molar-refractivity contribution in [3.05, 3.63) is 78.4 Å². The second kappa shape index (κ2) is 12.5. The van der Waals surface area contributed by atoms with Gasteiger partial charge < -0.3 is 14.8 Å². The first-order chi connectivity index (χ1) is 22.7. The summed E-state index contributed by atoms with van der Waals surface area (Å²) in [6.45, 7) is 7.60. The summed E-state index contributed by atoms with van der Waals surface area (Å²) in [7, 11) is 0. The first kappa shape index (κ1) is 30.4. The molecule has 3 aromatic heterocycles.